The minimum Gasteiger partial charge on any atom is -0.456 e. The van der Waals surface area contributed by atoms with E-state index in [0.717, 1.165) is 18.5 Å². The van der Waals surface area contributed by atoms with Crippen LogP contribution in [0.25, 0.3) is 0 Å². The second-order valence-electron chi connectivity index (χ2n) is 7.31. The van der Waals surface area contributed by atoms with Gasteiger partial charge in [-0.25, -0.2) is 9.18 Å². The number of allylic oxidation sites excluding steroid dienone is 2. The van der Waals surface area contributed by atoms with Crippen LogP contribution in [0.4, 0.5) is 4.39 Å². The van der Waals surface area contributed by atoms with Crippen molar-refractivity contribution in [2.75, 3.05) is 6.61 Å². The van der Waals surface area contributed by atoms with E-state index in [1.165, 1.54) is 6.07 Å². The summed E-state index contributed by atoms with van der Waals surface area (Å²) in [5, 5.41) is 3.25. The maximum atomic E-state index is 13.7. The highest BCUT2D eigenvalue weighted by Crippen LogP contribution is 2.48. The Morgan fingerprint density at radius 2 is 2.00 bits per heavy atom. The van der Waals surface area contributed by atoms with Crippen LogP contribution in [0.3, 0.4) is 0 Å². The number of rotatable bonds is 1. The van der Waals surface area contributed by atoms with E-state index in [1.807, 2.05) is 13.8 Å². The number of Topliss-reactive ketones (excluding diaryl/α,β-unsaturated/α-hetero) is 1. The largest absolute Gasteiger partial charge is 0.456 e. The molecule has 4 rings (SSSR count). The van der Waals surface area contributed by atoms with Crippen molar-refractivity contribution in [2.24, 2.45) is 5.41 Å². The Kier molecular flexibility index (Phi) is 3.65. The summed E-state index contributed by atoms with van der Waals surface area (Å²) in [6.45, 7) is 4.03. The zero-order valence-electron chi connectivity index (χ0n) is 13.9. The van der Waals surface area contributed by atoms with Crippen LogP contribution in [-0.2, 0) is 14.3 Å². The van der Waals surface area contributed by atoms with Gasteiger partial charge in [-0.15, -0.1) is 0 Å². The Bertz CT molecular complexity index is 885. The van der Waals surface area contributed by atoms with Crippen molar-refractivity contribution in [3.8, 4) is 0 Å². The molecule has 2 aliphatic heterocycles. The van der Waals surface area contributed by atoms with Gasteiger partial charge in [-0.05, 0) is 46.5 Å². The smallest absolute Gasteiger partial charge is 0.337 e. The molecule has 4 nitrogen and oxygen atoms in total. The van der Waals surface area contributed by atoms with Crippen LogP contribution in [0.15, 0.2) is 45.2 Å². The Morgan fingerprint density at radius 1 is 1.24 bits per heavy atom. The van der Waals surface area contributed by atoms with Crippen molar-refractivity contribution in [3.05, 3.63) is 56.6 Å². The fourth-order valence-electron chi connectivity index (χ4n) is 3.79. The van der Waals surface area contributed by atoms with Crippen LogP contribution in [0.1, 0.15) is 38.2 Å². The molecule has 1 N–H and O–H groups in total. The van der Waals surface area contributed by atoms with Gasteiger partial charge in [0, 0.05) is 22.6 Å². The number of dihydropyridines is 1. The minimum atomic E-state index is -0.523. The van der Waals surface area contributed by atoms with E-state index in [-0.39, 0.29) is 18.2 Å². The van der Waals surface area contributed by atoms with E-state index < -0.39 is 17.3 Å². The van der Waals surface area contributed by atoms with Gasteiger partial charge in [0.25, 0.3) is 0 Å². The fourth-order valence-corrected chi connectivity index (χ4v) is 4.18. The van der Waals surface area contributed by atoms with Gasteiger partial charge in [0.05, 0.1) is 15.7 Å². The molecule has 6 heteroatoms. The van der Waals surface area contributed by atoms with Gasteiger partial charge in [0.1, 0.15) is 12.4 Å². The number of benzene rings is 1. The van der Waals surface area contributed by atoms with Gasteiger partial charge >= 0.3 is 5.97 Å². The summed E-state index contributed by atoms with van der Waals surface area (Å²) in [5.74, 6) is -1.30. The first-order valence-electron chi connectivity index (χ1n) is 8.19. The molecule has 0 amide bonds. The molecular weight excluding hydrogens is 389 g/mol. The summed E-state index contributed by atoms with van der Waals surface area (Å²) >= 11 is 3.20. The highest BCUT2D eigenvalue weighted by Gasteiger charge is 2.47. The first-order valence-corrected chi connectivity index (χ1v) is 8.99. The van der Waals surface area contributed by atoms with E-state index in [1.54, 1.807) is 12.1 Å². The second-order valence-corrected chi connectivity index (χ2v) is 8.16. The number of hydrogen-bond donors (Lipinski definition) is 1. The lowest BCUT2D eigenvalue weighted by atomic mass is 9.67. The molecule has 0 fully saturated rings. The van der Waals surface area contributed by atoms with Crippen LogP contribution in [0.5, 0.6) is 0 Å². The van der Waals surface area contributed by atoms with Gasteiger partial charge in [-0.3, -0.25) is 4.79 Å². The summed E-state index contributed by atoms with van der Waals surface area (Å²) in [6, 6.07) is 4.62. The zero-order chi connectivity index (χ0) is 17.9. The predicted octanol–water partition coefficient (Wildman–Crippen LogP) is 3.73. The van der Waals surface area contributed by atoms with Gasteiger partial charge in [-0.1, -0.05) is 19.9 Å². The number of nitrogens with one attached hydrogen (secondary N) is 1. The average molecular weight is 406 g/mol. The van der Waals surface area contributed by atoms with Crippen molar-refractivity contribution in [1.29, 1.82) is 0 Å². The molecule has 1 aromatic rings. The summed E-state index contributed by atoms with van der Waals surface area (Å²) in [7, 11) is 0. The minimum absolute atomic E-state index is 0.0259. The Morgan fingerprint density at radius 3 is 2.72 bits per heavy atom. The zero-order valence-corrected chi connectivity index (χ0v) is 15.5. The van der Waals surface area contributed by atoms with Gasteiger partial charge in [-0.2, -0.15) is 0 Å². The number of ketones is 1. The number of carbonyl (C=O) groups excluding carboxylic acids is 2. The molecule has 2 heterocycles. The molecule has 25 heavy (non-hydrogen) atoms. The summed E-state index contributed by atoms with van der Waals surface area (Å²) in [5.41, 5.74) is 2.85. The lowest BCUT2D eigenvalue weighted by Crippen LogP contribution is -2.39. The standard InChI is InChI=1S/C19H17BrFNO3/c1-19(2)6-5-12-15(17(19)23)14(9-3-4-11(21)10(20)7-9)16-13(22-12)8-25-18(16)24/h3-4,7,14,22H,5-6,8H2,1-2H3. The number of halogens is 2. The highest BCUT2D eigenvalue weighted by molar-refractivity contribution is 9.10. The van der Waals surface area contributed by atoms with E-state index in [2.05, 4.69) is 21.2 Å². The van der Waals surface area contributed by atoms with Crippen molar-refractivity contribution >= 4 is 27.7 Å². The van der Waals surface area contributed by atoms with Gasteiger partial charge < -0.3 is 10.1 Å². The van der Waals surface area contributed by atoms with E-state index in [4.69, 9.17) is 4.74 Å². The molecule has 0 radical (unpaired) electrons. The molecule has 0 saturated heterocycles. The Hall–Kier alpha value is -1.95. The normalized spacial score (nSPS) is 24.7. The lowest BCUT2D eigenvalue weighted by molar-refractivity contribution is -0.136. The van der Waals surface area contributed by atoms with Crippen molar-refractivity contribution in [3.63, 3.8) is 0 Å². The van der Waals surface area contributed by atoms with Crippen LogP contribution in [0, 0.1) is 11.2 Å². The fraction of sp³-hybridized carbons (Fsp3) is 0.368. The third-order valence-electron chi connectivity index (χ3n) is 5.23. The maximum absolute atomic E-state index is 13.7. The molecule has 0 bridgehead atoms. The van der Waals surface area contributed by atoms with Gasteiger partial charge in [0.2, 0.25) is 0 Å². The SMILES string of the molecule is CC1(C)CCC2=C(C1=O)C(c1ccc(F)c(Br)c1)C1=C(COC1=O)N2. The van der Waals surface area contributed by atoms with Crippen LogP contribution in [0.2, 0.25) is 0 Å². The maximum Gasteiger partial charge on any atom is 0.337 e. The first-order chi connectivity index (χ1) is 11.8. The third-order valence-corrected chi connectivity index (χ3v) is 5.84. The summed E-state index contributed by atoms with van der Waals surface area (Å²) < 4.78 is 19.2. The molecule has 0 aromatic heterocycles. The van der Waals surface area contributed by atoms with Crippen LogP contribution >= 0.6 is 15.9 Å². The topological polar surface area (TPSA) is 55.4 Å². The van der Waals surface area contributed by atoms with Crippen molar-refractivity contribution in [1.82, 2.24) is 5.32 Å². The molecule has 0 saturated carbocycles. The van der Waals surface area contributed by atoms with Crippen molar-refractivity contribution in [2.45, 2.75) is 32.6 Å². The highest BCUT2D eigenvalue weighted by atomic mass is 79.9. The lowest BCUT2D eigenvalue weighted by Gasteiger charge is -2.38. The molecular formula is C19H17BrFNO3. The predicted molar refractivity (Wildman–Crippen MR) is 93.0 cm³/mol. The van der Waals surface area contributed by atoms with E-state index in [9.17, 15) is 14.0 Å². The number of esters is 1. The first kappa shape index (κ1) is 16.5. The molecule has 1 unspecified atom stereocenters. The summed E-state index contributed by atoms with van der Waals surface area (Å²) in [6.07, 6.45) is 1.48. The van der Waals surface area contributed by atoms with E-state index >= 15 is 0 Å². The summed E-state index contributed by atoms with van der Waals surface area (Å²) in [4.78, 5) is 25.5. The number of hydrogen-bond acceptors (Lipinski definition) is 4. The monoisotopic (exact) mass is 405 g/mol. The Labute approximate surface area is 153 Å². The molecule has 1 aliphatic carbocycles. The number of cyclic esters (lactones) is 1. The second kappa shape index (κ2) is 5.53. The molecule has 1 atom stereocenters. The van der Waals surface area contributed by atoms with Crippen molar-refractivity contribution < 1.29 is 18.7 Å². The quantitative estimate of drug-likeness (QED) is 0.723. The van der Waals surface area contributed by atoms with Crippen LogP contribution < -0.4 is 5.32 Å². The molecule has 0 spiro atoms. The number of carbonyl (C=O) groups is 2. The number of ether oxygens (including phenoxy) is 1. The molecule has 130 valence electrons. The van der Waals surface area contributed by atoms with E-state index in [0.29, 0.717) is 26.9 Å². The third kappa shape index (κ3) is 2.46. The average Bonchev–Trinajstić information content (AvgIpc) is 2.93. The molecule has 3 aliphatic rings. The van der Waals surface area contributed by atoms with Crippen LogP contribution in [-0.4, -0.2) is 18.4 Å². The molecule has 1 aromatic carbocycles. The van der Waals surface area contributed by atoms with Gasteiger partial charge in [0.15, 0.2) is 5.78 Å². The Balaban J connectivity index is 1.92.